The smallest absolute Gasteiger partial charge is 0.128 e. The minimum Gasteiger partial charge on any atom is -0.395 e. The number of aliphatic hydroxyl groups is 1. The maximum Gasteiger partial charge on any atom is 0.128 e. The monoisotopic (exact) mass is 265 g/mol. The quantitative estimate of drug-likeness (QED) is 0.719. The van der Waals surface area contributed by atoms with Gasteiger partial charge in [0.2, 0.25) is 0 Å². The van der Waals surface area contributed by atoms with E-state index in [2.05, 4.69) is 42.0 Å². The molecule has 4 heteroatoms. The Labute approximate surface area is 116 Å². The number of aromatic nitrogens is 1. The molecular weight excluding hydrogens is 238 g/mol. The van der Waals surface area contributed by atoms with Crippen LogP contribution in [-0.2, 0) is 0 Å². The lowest BCUT2D eigenvalue weighted by Crippen LogP contribution is -2.29. The molecule has 0 spiro atoms. The molecule has 2 N–H and O–H groups in total. The fourth-order valence-corrected chi connectivity index (χ4v) is 2.11. The maximum atomic E-state index is 9.18. The standard InChI is InChI=1S/C15H27N3O/c1-4-6-9-18(10-11-19)15-12-14(7-8-17-15)13(3)16-5-2/h7-8,12-13,16,19H,4-6,9-11H2,1-3H3. The summed E-state index contributed by atoms with van der Waals surface area (Å²) >= 11 is 0. The summed E-state index contributed by atoms with van der Waals surface area (Å²) in [7, 11) is 0. The zero-order valence-corrected chi connectivity index (χ0v) is 12.4. The lowest BCUT2D eigenvalue weighted by molar-refractivity contribution is 0.301. The summed E-state index contributed by atoms with van der Waals surface area (Å²) in [5.41, 5.74) is 1.24. The molecule has 1 heterocycles. The molecule has 1 rings (SSSR count). The molecule has 0 saturated carbocycles. The molecule has 1 aromatic rings. The summed E-state index contributed by atoms with van der Waals surface area (Å²) in [6.07, 6.45) is 4.12. The maximum absolute atomic E-state index is 9.18. The summed E-state index contributed by atoms with van der Waals surface area (Å²) in [6, 6.07) is 4.50. The van der Waals surface area contributed by atoms with Crippen LogP contribution >= 0.6 is 0 Å². The van der Waals surface area contributed by atoms with E-state index in [0.717, 1.165) is 31.7 Å². The highest BCUT2D eigenvalue weighted by Gasteiger charge is 2.10. The van der Waals surface area contributed by atoms with Crippen molar-refractivity contribution in [3.63, 3.8) is 0 Å². The fourth-order valence-electron chi connectivity index (χ4n) is 2.11. The molecule has 0 aliphatic heterocycles. The van der Waals surface area contributed by atoms with E-state index in [-0.39, 0.29) is 6.61 Å². The summed E-state index contributed by atoms with van der Waals surface area (Å²) in [5.74, 6) is 0.963. The van der Waals surface area contributed by atoms with Crippen molar-refractivity contribution in [1.29, 1.82) is 0 Å². The number of nitrogens with zero attached hydrogens (tertiary/aromatic N) is 2. The van der Waals surface area contributed by atoms with Gasteiger partial charge in [-0.05, 0) is 37.6 Å². The van der Waals surface area contributed by atoms with Crippen LogP contribution in [0.3, 0.4) is 0 Å². The van der Waals surface area contributed by atoms with E-state index in [4.69, 9.17) is 0 Å². The van der Waals surface area contributed by atoms with Crippen molar-refractivity contribution in [2.24, 2.45) is 0 Å². The van der Waals surface area contributed by atoms with Gasteiger partial charge in [0.05, 0.1) is 6.61 Å². The van der Waals surface area contributed by atoms with Gasteiger partial charge in [-0.1, -0.05) is 20.3 Å². The van der Waals surface area contributed by atoms with Crippen LogP contribution in [0, 0.1) is 0 Å². The first-order chi connectivity index (χ1) is 9.22. The molecule has 0 radical (unpaired) electrons. The first-order valence-electron chi connectivity index (χ1n) is 7.28. The van der Waals surface area contributed by atoms with Crippen molar-refractivity contribution in [2.75, 3.05) is 31.1 Å². The van der Waals surface area contributed by atoms with E-state index in [9.17, 15) is 5.11 Å². The molecule has 4 nitrogen and oxygen atoms in total. The van der Waals surface area contributed by atoms with Gasteiger partial charge >= 0.3 is 0 Å². The molecule has 108 valence electrons. The van der Waals surface area contributed by atoms with Crippen molar-refractivity contribution in [3.05, 3.63) is 23.9 Å². The Bertz CT molecular complexity index is 357. The van der Waals surface area contributed by atoms with Gasteiger partial charge in [0.25, 0.3) is 0 Å². The number of anilines is 1. The SMILES string of the molecule is CCCCN(CCO)c1cc(C(C)NCC)ccn1. The predicted octanol–water partition coefficient (Wildman–Crippen LogP) is 2.35. The second-order valence-corrected chi connectivity index (χ2v) is 4.79. The average molecular weight is 265 g/mol. The van der Waals surface area contributed by atoms with Crippen LogP contribution < -0.4 is 10.2 Å². The third-order valence-corrected chi connectivity index (χ3v) is 3.26. The molecule has 0 aliphatic rings. The third-order valence-electron chi connectivity index (χ3n) is 3.26. The molecule has 1 aromatic heterocycles. The molecule has 0 bridgehead atoms. The first kappa shape index (κ1) is 15.9. The highest BCUT2D eigenvalue weighted by Crippen LogP contribution is 2.18. The minimum atomic E-state index is 0.165. The number of unbranched alkanes of at least 4 members (excludes halogenated alkanes) is 1. The van der Waals surface area contributed by atoms with E-state index >= 15 is 0 Å². The van der Waals surface area contributed by atoms with Crippen molar-refractivity contribution in [3.8, 4) is 0 Å². The first-order valence-corrected chi connectivity index (χ1v) is 7.28. The van der Waals surface area contributed by atoms with Crippen LogP contribution in [0.2, 0.25) is 0 Å². The van der Waals surface area contributed by atoms with Crippen LogP contribution in [-0.4, -0.2) is 36.3 Å². The topological polar surface area (TPSA) is 48.4 Å². The van der Waals surface area contributed by atoms with Crippen LogP contribution in [0.4, 0.5) is 5.82 Å². The lowest BCUT2D eigenvalue weighted by Gasteiger charge is -2.24. The molecular formula is C15H27N3O. The van der Waals surface area contributed by atoms with Crippen molar-refractivity contribution in [1.82, 2.24) is 10.3 Å². The number of nitrogens with one attached hydrogen (secondary N) is 1. The zero-order chi connectivity index (χ0) is 14.1. The number of aliphatic hydroxyl groups excluding tert-OH is 1. The lowest BCUT2D eigenvalue weighted by atomic mass is 10.1. The summed E-state index contributed by atoms with van der Waals surface area (Å²) in [5, 5.41) is 12.6. The molecule has 19 heavy (non-hydrogen) atoms. The molecule has 1 atom stereocenters. The van der Waals surface area contributed by atoms with E-state index in [0.29, 0.717) is 12.6 Å². The second kappa shape index (κ2) is 8.88. The van der Waals surface area contributed by atoms with Gasteiger partial charge in [-0.2, -0.15) is 0 Å². The predicted molar refractivity (Wildman–Crippen MR) is 80.5 cm³/mol. The summed E-state index contributed by atoms with van der Waals surface area (Å²) in [6.45, 7) is 9.15. The van der Waals surface area contributed by atoms with Crippen molar-refractivity contribution < 1.29 is 5.11 Å². The average Bonchev–Trinajstić information content (AvgIpc) is 2.44. The van der Waals surface area contributed by atoms with Gasteiger partial charge in [0.1, 0.15) is 5.82 Å². The summed E-state index contributed by atoms with van der Waals surface area (Å²) < 4.78 is 0. The van der Waals surface area contributed by atoms with E-state index in [1.807, 2.05) is 12.3 Å². The molecule has 0 fully saturated rings. The van der Waals surface area contributed by atoms with Crippen molar-refractivity contribution in [2.45, 2.75) is 39.7 Å². The van der Waals surface area contributed by atoms with Gasteiger partial charge in [0.15, 0.2) is 0 Å². The number of hydrogen-bond donors (Lipinski definition) is 2. The van der Waals surface area contributed by atoms with E-state index in [1.165, 1.54) is 5.56 Å². The number of pyridine rings is 1. The van der Waals surface area contributed by atoms with Crippen LogP contribution in [0.15, 0.2) is 18.3 Å². The van der Waals surface area contributed by atoms with Crippen LogP contribution in [0.1, 0.15) is 45.2 Å². The van der Waals surface area contributed by atoms with Gasteiger partial charge < -0.3 is 15.3 Å². The highest BCUT2D eigenvalue weighted by molar-refractivity contribution is 5.41. The van der Waals surface area contributed by atoms with Gasteiger partial charge in [-0.15, -0.1) is 0 Å². The van der Waals surface area contributed by atoms with E-state index in [1.54, 1.807) is 0 Å². The minimum absolute atomic E-state index is 0.165. The molecule has 0 aromatic carbocycles. The van der Waals surface area contributed by atoms with Crippen LogP contribution in [0.25, 0.3) is 0 Å². The Morgan fingerprint density at radius 2 is 2.16 bits per heavy atom. The molecule has 0 saturated heterocycles. The molecule has 0 amide bonds. The number of hydrogen-bond acceptors (Lipinski definition) is 4. The van der Waals surface area contributed by atoms with Gasteiger partial charge in [-0.3, -0.25) is 0 Å². The molecule has 1 unspecified atom stereocenters. The fraction of sp³-hybridized carbons (Fsp3) is 0.667. The second-order valence-electron chi connectivity index (χ2n) is 4.79. The Morgan fingerprint density at radius 3 is 2.79 bits per heavy atom. The normalized spacial score (nSPS) is 12.4. The Hall–Kier alpha value is -1.13. The van der Waals surface area contributed by atoms with Gasteiger partial charge in [0, 0.05) is 25.3 Å². The van der Waals surface area contributed by atoms with Gasteiger partial charge in [-0.25, -0.2) is 4.98 Å². The molecule has 0 aliphatic carbocycles. The van der Waals surface area contributed by atoms with Crippen LogP contribution in [0.5, 0.6) is 0 Å². The largest absolute Gasteiger partial charge is 0.395 e. The number of rotatable bonds is 9. The summed E-state index contributed by atoms with van der Waals surface area (Å²) in [4.78, 5) is 6.60. The Morgan fingerprint density at radius 1 is 1.37 bits per heavy atom. The Balaban J connectivity index is 2.81. The highest BCUT2D eigenvalue weighted by atomic mass is 16.3. The van der Waals surface area contributed by atoms with Crippen molar-refractivity contribution >= 4 is 5.82 Å². The third kappa shape index (κ3) is 5.17. The Kier molecular flexibility index (Phi) is 7.45. The van der Waals surface area contributed by atoms with E-state index < -0.39 is 0 Å². The zero-order valence-electron chi connectivity index (χ0n) is 12.4.